The monoisotopic (exact) mass is 404 g/mol. The zero-order valence-electron chi connectivity index (χ0n) is 15.9. The summed E-state index contributed by atoms with van der Waals surface area (Å²) in [5.74, 6) is -1.03. The number of carboxylic acids is 1. The van der Waals surface area contributed by atoms with Crippen LogP contribution in [0, 0.1) is 12.4 Å². The first kappa shape index (κ1) is 19.4. The van der Waals surface area contributed by atoms with Crippen LogP contribution in [-0.4, -0.2) is 22.7 Å². The van der Waals surface area contributed by atoms with E-state index in [0.717, 1.165) is 11.1 Å². The Morgan fingerprint density at radius 2 is 2.03 bits per heavy atom. The molecule has 0 fully saturated rings. The lowest BCUT2D eigenvalue weighted by molar-refractivity contribution is -0.136. The van der Waals surface area contributed by atoms with Crippen molar-refractivity contribution in [2.75, 3.05) is 6.61 Å². The number of carboxylic acid groups (broad SMARTS) is 1. The van der Waals surface area contributed by atoms with Crippen LogP contribution in [0.4, 0.5) is 10.1 Å². The van der Waals surface area contributed by atoms with Crippen molar-refractivity contribution in [3.05, 3.63) is 82.5 Å². The van der Waals surface area contributed by atoms with Gasteiger partial charge in [-0.2, -0.15) is 0 Å². The molecule has 4 bridgehead atoms. The summed E-state index contributed by atoms with van der Waals surface area (Å²) in [5.41, 5.74) is 3.10. The first-order valence-corrected chi connectivity index (χ1v) is 9.30. The van der Waals surface area contributed by atoms with Gasteiger partial charge >= 0.3 is 5.97 Å². The van der Waals surface area contributed by atoms with E-state index in [9.17, 15) is 14.3 Å². The molecule has 2 heterocycles. The van der Waals surface area contributed by atoms with Gasteiger partial charge in [-0.1, -0.05) is 24.3 Å². The third-order valence-electron chi connectivity index (χ3n) is 4.81. The molecule has 0 radical (unpaired) electrons. The van der Waals surface area contributed by atoms with Gasteiger partial charge < -0.3 is 14.6 Å². The summed E-state index contributed by atoms with van der Waals surface area (Å²) in [6.07, 6.45) is 0.119. The first-order chi connectivity index (χ1) is 14.5. The molecule has 30 heavy (non-hydrogen) atoms. The zero-order chi connectivity index (χ0) is 21.1. The number of aromatic nitrogens is 1. The fourth-order valence-electron chi connectivity index (χ4n) is 3.35. The summed E-state index contributed by atoms with van der Waals surface area (Å²) in [5, 5.41) is 9.18. The van der Waals surface area contributed by atoms with Gasteiger partial charge in [-0.05, 0) is 29.3 Å². The highest BCUT2D eigenvalue weighted by Crippen LogP contribution is 2.32. The SMILES string of the molecule is [C-]#[N+]c1ccc2c(c1)CCOc1cc(c(F)cc1CC(=O)O)-c1cccc(n1)OC2. The van der Waals surface area contributed by atoms with E-state index in [1.165, 1.54) is 12.1 Å². The molecule has 0 saturated heterocycles. The number of carbonyl (C=O) groups is 1. The summed E-state index contributed by atoms with van der Waals surface area (Å²) < 4.78 is 26.5. The quantitative estimate of drug-likeness (QED) is 0.633. The van der Waals surface area contributed by atoms with Gasteiger partial charge in [0.25, 0.3) is 0 Å². The Hall–Kier alpha value is -3.92. The van der Waals surface area contributed by atoms with Crippen LogP contribution in [0.25, 0.3) is 16.1 Å². The van der Waals surface area contributed by atoms with Gasteiger partial charge in [0.05, 0.1) is 25.3 Å². The maximum Gasteiger partial charge on any atom is 0.307 e. The van der Waals surface area contributed by atoms with Crippen LogP contribution in [0.15, 0.2) is 48.5 Å². The molecule has 0 aliphatic carbocycles. The van der Waals surface area contributed by atoms with Gasteiger partial charge in [0.2, 0.25) is 5.88 Å². The van der Waals surface area contributed by atoms with Crippen LogP contribution in [0.5, 0.6) is 11.6 Å². The predicted molar refractivity (Wildman–Crippen MR) is 107 cm³/mol. The molecule has 150 valence electrons. The number of hydrogen-bond acceptors (Lipinski definition) is 4. The Labute approximate surface area is 172 Å². The number of rotatable bonds is 2. The fraction of sp³-hybridized carbons (Fsp3) is 0.174. The Kier molecular flexibility index (Phi) is 5.31. The average Bonchev–Trinajstić information content (AvgIpc) is 2.74. The lowest BCUT2D eigenvalue weighted by atomic mass is 10.0. The summed E-state index contributed by atoms with van der Waals surface area (Å²) in [4.78, 5) is 19.1. The maximum atomic E-state index is 14.8. The molecule has 0 amide bonds. The minimum absolute atomic E-state index is 0.205. The second kappa shape index (κ2) is 8.21. The van der Waals surface area contributed by atoms with Gasteiger partial charge in [0, 0.05) is 23.6 Å². The molecule has 1 aliphatic rings. The molecule has 0 spiro atoms. The molecule has 7 heteroatoms. The highest BCUT2D eigenvalue weighted by Gasteiger charge is 2.17. The second-order valence-electron chi connectivity index (χ2n) is 6.82. The molecular weight excluding hydrogens is 387 g/mol. The predicted octanol–water partition coefficient (Wildman–Crippen LogP) is 4.58. The summed E-state index contributed by atoms with van der Waals surface area (Å²) in [7, 11) is 0. The summed E-state index contributed by atoms with van der Waals surface area (Å²) in [6.45, 7) is 7.72. The van der Waals surface area contributed by atoms with E-state index in [-0.39, 0.29) is 30.8 Å². The van der Waals surface area contributed by atoms with E-state index in [0.29, 0.717) is 29.4 Å². The van der Waals surface area contributed by atoms with E-state index in [4.69, 9.17) is 16.0 Å². The number of pyridine rings is 1. The van der Waals surface area contributed by atoms with E-state index < -0.39 is 11.8 Å². The van der Waals surface area contributed by atoms with Crippen molar-refractivity contribution in [3.8, 4) is 22.9 Å². The molecule has 0 unspecified atom stereocenters. The van der Waals surface area contributed by atoms with Crippen LogP contribution >= 0.6 is 0 Å². The molecule has 0 atom stereocenters. The minimum Gasteiger partial charge on any atom is -0.493 e. The van der Waals surface area contributed by atoms with Crippen molar-refractivity contribution >= 4 is 11.7 Å². The third kappa shape index (κ3) is 4.08. The highest BCUT2D eigenvalue weighted by atomic mass is 19.1. The number of ether oxygens (including phenoxy) is 2. The summed E-state index contributed by atoms with van der Waals surface area (Å²) >= 11 is 0. The molecule has 3 aromatic rings. The number of aliphatic carboxylic acids is 1. The fourth-order valence-corrected chi connectivity index (χ4v) is 3.35. The first-order valence-electron chi connectivity index (χ1n) is 9.30. The number of halogens is 1. The van der Waals surface area contributed by atoms with Crippen LogP contribution in [0.2, 0.25) is 0 Å². The van der Waals surface area contributed by atoms with Gasteiger partial charge in [-0.3, -0.25) is 4.79 Å². The van der Waals surface area contributed by atoms with E-state index in [2.05, 4.69) is 9.83 Å². The van der Waals surface area contributed by atoms with Gasteiger partial charge in [0.15, 0.2) is 5.69 Å². The van der Waals surface area contributed by atoms with Crippen molar-refractivity contribution in [3.63, 3.8) is 0 Å². The molecule has 6 nitrogen and oxygen atoms in total. The lowest BCUT2D eigenvalue weighted by Crippen LogP contribution is -2.09. The van der Waals surface area contributed by atoms with E-state index in [1.54, 1.807) is 30.3 Å². The van der Waals surface area contributed by atoms with Gasteiger partial charge in [-0.15, -0.1) is 0 Å². The normalized spacial score (nSPS) is 12.7. The van der Waals surface area contributed by atoms with E-state index >= 15 is 0 Å². The van der Waals surface area contributed by atoms with Crippen LogP contribution in [-0.2, 0) is 24.2 Å². The molecule has 4 rings (SSSR count). The Morgan fingerprint density at radius 3 is 2.83 bits per heavy atom. The highest BCUT2D eigenvalue weighted by molar-refractivity contribution is 5.73. The Morgan fingerprint density at radius 1 is 1.17 bits per heavy atom. The Balaban J connectivity index is 1.81. The number of benzene rings is 2. The topological polar surface area (TPSA) is 73.0 Å². The average molecular weight is 404 g/mol. The Bertz CT molecular complexity index is 1170. The van der Waals surface area contributed by atoms with Crippen molar-refractivity contribution in [2.45, 2.75) is 19.4 Å². The van der Waals surface area contributed by atoms with Crippen molar-refractivity contribution in [1.29, 1.82) is 0 Å². The minimum atomic E-state index is -1.08. The van der Waals surface area contributed by atoms with Gasteiger partial charge in [-0.25, -0.2) is 14.2 Å². The van der Waals surface area contributed by atoms with Crippen LogP contribution in [0.1, 0.15) is 16.7 Å². The maximum absolute atomic E-state index is 14.8. The zero-order valence-corrected chi connectivity index (χ0v) is 15.9. The summed E-state index contributed by atoms with van der Waals surface area (Å²) in [6, 6.07) is 13.1. The van der Waals surface area contributed by atoms with Gasteiger partial charge in [0.1, 0.15) is 18.2 Å². The standard InChI is InChI=1S/C23H17FN2O4/c1-25-17-6-5-15-13-30-22-4-2-3-20(26-22)18-12-21(29-8-7-14(15)9-17)16(10-19(18)24)11-23(27)28/h2-6,9-10,12H,7-8,11,13H2,(H,27,28). The van der Waals surface area contributed by atoms with Crippen molar-refractivity contribution in [2.24, 2.45) is 0 Å². The second-order valence-corrected chi connectivity index (χ2v) is 6.82. The molecule has 1 N–H and O–H groups in total. The number of hydrogen-bond donors (Lipinski definition) is 1. The van der Waals surface area contributed by atoms with Crippen molar-refractivity contribution < 1.29 is 23.8 Å². The molecule has 0 saturated carbocycles. The molecule has 1 aliphatic heterocycles. The molecule has 2 aromatic carbocycles. The van der Waals surface area contributed by atoms with E-state index in [1.807, 2.05) is 6.07 Å². The lowest BCUT2D eigenvalue weighted by Gasteiger charge is -2.14. The largest absolute Gasteiger partial charge is 0.493 e. The van der Waals surface area contributed by atoms with Crippen LogP contribution in [0.3, 0.4) is 0 Å². The number of fused-ring (bicyclic) bond motifs is 6. The molecule has 1 aromatic heterocycles. The number of nitrogens with zero attached hydrogens (tertiary/aromatic N) is 2. The van der Waals surface area contributed by atoms with Crippen molar-refractivity contribution in [1.82, 2.24) is 4.98 Å². The third-order valence-corrected chi connectivity index (χ3v) is 4.81. The smallest absolute Gasteiger partial charge is 0.307 e. The van der Waals surface area contributed by atoms with Crippen LogP contribution < -0.4 is 9.47 Å². The molecular formula is C23H17FN2O4.